The molecule has 0 unspecified atom stereocenters. The molecule has 0 N–H and O–H groups in total. The highest BCUT2D eigenvalue weighted by Crippen LogP contribution is 2.49. The van der Waals surface area contributed by atoms with Crippen molar-refractivity contribution in [2.24, 2.45) is 0 Å². The highest BCUT2D eigenvalue weighted by atomic mass is 16.3. The molecule has 214 valence electrons. The van der Waals surface area contributed by atoms with Crippen LogP contribution in [0.3, 0.4) is 0 Å². The Hall–Kier alpha value is -6.12. The van der Waals surface area contributed by atoms with E-state index in [-0.39, 0.29) is 0 Å². The van der Waals surface area contributed by atoms with Gasteiger partial charge in [0, 0.05) is 27.3 Å². The van der Waals surface area contributed by atoms with Crippen molar-refractivity contribution in [2.45, 2.75) is 0 Å². The summed E-state index contributed by atoms with van der Waals surface area (Å²) in [6.07, 6.45) is 0. The van der Waals surface area contributed by atoms with Crippen molar-refractivity contribution >= 4 is 65.4 Å². The molecule has 2 heterocycles. The maximum atomic E-state index is 6.75. The van der Waals surface area contributed by atoms with Crippen LogP contribution < -0.4 is 0 Å². The lowest BCUT2D eigenvalue weighted by atomic mass is 9.85. The number of para-hydroxylation sites is 2. The van der Waals surface area contributed by atoms with E-state index in [9.17, 15) is 0 Å². The maximum absolute atomic E-state index is 6.75. The third kappa shape index (κ3) is 3.59. The van der Waals surface area contributed by atoms with E-state index >= 15 is 0 Å². The minimum Gasteiger partial charge on any atom is -0.455 e. The predicted molar refractivity (Wildman–Crippen MR) is 192 cm³/mol. The summed E-state index contributed by atoms with van der Waals surface area (Å²) >= 11 is 0. The zero-order valence-corrected chi connectivity index (χ0v) is 24.8. The number of hydrogen-bond acceptors (Lipinski definition) is 2. The van der Waals surface area contributed by atoms with E-state index in [0.717, 1.165) is 49.4 Å². The molecular weight excluding hydrogens is 560 g/mol. The molecule has 0 aliphatic heterocycles. The third-order valence-electron chi connectivity index (χ3n) is 9.47. The Balaban J connectivity index is 1.33. The number of furan rings is 2. The second-order valence-electron chi connectivity index (χ2n) is 12.0. The van der Waals surface area contributed by atoms with Gasteiger partial charge < -0.3 is 8.83 Å². The van der Waals surface area contributed by atoms with Crippen LogP contribution in [0.5, 0.6) is 0 Å². The minimum atomic E-state index is 0.850. The lowest BCUT2D eigenvalue weighted by Gasteiger charge is -2.18. The summed E-state index contributed by atoms with van der Waals surface area (Å²) in [6.45, 7) is 0. The van der Waals surface area contributed by atoms with Gasteiger partial charge in [-0.2, -0.15) is 0 Å². The highest BCUT2D eigenvalue weighted by molar-refractivity contribution is 6.29. The molecule has 0 bridgehead atoms. The summed E-state index contributed by atoms with van der Waals surface area (Å²) in [4.78, 5) is 0. The summed E-state index contributed by atoms with van der Waals surface area (Å²) < 4.78 is 13.3. The van der Waals surface area contributed by atoms with Crippen LogP contribution in [0.2, 0.25) is 0 Å². The Morgan fingerprint density at radius 2 is 0.761 bits per heavy atom. The molecule has 2 aromatic heterocycles. The lowest BCUT2D eigenvalue weighted by molar-refractivity contribution is 0.663. The van der Waals surface area contributed by atoms with Crippen molar-refractivity contribution in [3.8, 4) is 33.4 Å². The van der Waals surface area contributed by atoms with Crippen LogP contribution in [0.4, 0.5) is 0 Å². The van der Waals surface area contributed by atoms with E-state index in [1.807, 2.05) is 24.3 Å². The fourth-order valence-corrected chi connectivity index (χ4v) is 7.44. The second-order valence-corrected chi connectivity index (χ2v) is 12.0. The van der Waals surface area contributed by atoms with E-state index in [1.54, 1.807) is 0 Å². The Kier molecular flexibility index (Phi) is 5.31. The van der Waals surface area contributed by atoms with Gasteiger partial charge >= 0.3 is 0 Å². The molecular formula is C44H26O2. The van der Waals surface area contributed by atoms with Gasteiger partial charge in [-0.1, -0.05) is 140 Å². The van der Waals surface area contributed by atoms with Crippen LogP contribution in [0, 0.1) is 0 Å². The molecule has 10 rings (SSSR count). The highest BCUT2D eigenvalue weighted by Gasteiger charge is 2.24. The molecule has 0 saturated carbocycles. The molecule has 0 radical (unpaired) electrons. The van der Waals surface area contributed by atoms with Gasteiger partial charge in [0.05, 0.1) is 5.39 Å². The van der Waals surface area contributed by atoms with E-state index in [1.165, 1.54) is 49.4 Å². The van der Waals surface area contributed by atoms with Crippen molar-refractivity contribution in [3.63, 3.8) is 0 Å². The molecule has 0 fully saturated rings. The molecule has 0 amide bonds. The Morgan fingerprint density at radius 1 is 0.304 bits per heavy atom. The smallest absolute Gasteiger partial charge is 0.147 e. The molecule has 10 aromatic rings. The third-order valence-corrected chi connectivity index (χ3v) is 9.47. The van der Waals surface area contributed by atoms with Gasteiger partial charge in [0.15, 0.2) is 0 Å². The van der Waals surface area contributed by atoms with E-state index < -0.39 is 0 Å². The van der Waals surface area contributed by atoms with E-state index in [0.29, 0.717) is 0 Å². The van der Waals surface area contributed by atoms with Gasteiger partial charge in [0.1, 0.15) is 22.3 Å². The quantitative estimate of drug-likeness (QED) is 0.193. The topological polar surface area (TPSA) is 26.3 Å². The Morgan fingerprint density at radius 3 is 1.41 bits per heavy atom. The summed E-state index contributed by atoms with van der Waals surface area (Å²) in [5.74, 6) is 0. The molecule has 0 spiro atoms. The monoisotopic (exact) mass is 586 g/mol. The number of fused-ring (bicyclic) bond motifs is 9. The molecule has 0 aliphatic carbocycles. The molecule has 2 nitrogen and oxygen atoms in total. The maximum Gasteiger partial charge on any atom is 0.147 e. The average Bonchev–Trinajstić information content (AvgIpc) is 3.70. The minimum absolute atomic E-state index is 0.850. The molecule has 0 saturated heterocycles. The van der Waals surface area contributed by atoms with Crippen molar-refractivity contribution < 1.29 is 8.83 Å². The molecule has 46 heavy (non-hydrogen) atoms. The van der Waals surface area contributed by atoms with Gasteiger partial charge in [-0.15, -0.1) is 0 Å². The first kappa shape index (κ1) is 25.2. The lowest BCUT2D eigenvalue weighted by Crippen LogP contribution is -1.91. The first-order valence-corrected chi connectivity index (χ1v) is 15.7. The van der Waals surface area contributed by atoms with E-state index in [4.69, 9.17) is 8.83 Å². The summed E-state index contributed by atoms with van der Waals surface area (Å²) in [5.41, 5.74) is 10.6. The van der Waals surface area contributed by atoms with Gasteiger partial charge in [0.25, 0.3) is 0 Å². The average molecular weight is 587 g/mol. The second kappa shape index (κ2) is 9.69. The molecule has 0 atom stereocenters. The normalized spacial score (nSPS) is 11.9. The predicted octanol–water partition coefficient (Wildman–Crippen LogP) is 12.8. The van der Waals surface area contributed by atoms with Gasteiger partial charge in [-0.05, 0) is 62.0 Å². The summed E-state index contributed by atoms with van der Waals surface area (Å²) in [6, 6.07) is 56.0. The molecule has 2 heteroatoms. The van der Waals surface area contributed by atoms with Gasteiger partial charge in [0.2, 0.25) is 0 Å². The standard InChI is InChI=1S/C44H26O2/c1-2-12-27(13-3-1)28-22-24-29(25-23-28)40-31-15-4-6-17-33(31)41(34-18-7-5-16-32(34)40)37-26-36-30-14-8-10-20-38(30)45-43(36)42-35-19-9-11-21-39(35)46-44(37)42/h1-26H. The van der Waals surface area contributed by atoms with E-state index in [2.05, 4.69) is 133 Å². The van der Waals surface area contributed by atoms with Gasteiger partial charge in [-0.3, -0.25) is 0 Å². The van der Waals surface area contributed by atoms with Crippen molar-refractivity contribution in [3.05, 3.63) is 158 Å². The Labute approximate surface area is 264 Å². The zero-order chi connectivity index (χ0) is 30.2. The number of hydrogen-bond donors (Lipinski definition) is 0. The zero-order valence-electron chi connectivity index (χ0n) is 24.8. The fraction of sp³-hybridized carbons (Fsp3) is 0. The van der Waals surface area contributed by atoms with Crippen LogP contribution in [-0.2, 0) is 0 Å². The van der Waals surface area contributed by atoms with Crippen LogP contribution in [-0.4, -0.2) is 0 Å². The first-order valence-electron chi connectivity index (χ1n) is 15.7. The van der Waals surface area contributed by atoms with Crippen LogP contribution in [0.15, 0.2) is 167 Å². The molecule has 8 aromatic carbocycles. The number of rotatable bonds is 3. The van der Waals surface area contributed by atoms with Crippen molar-refractivity contribution in [2.75, 3.05) is 0 Å². The Bertz CT molecular complexity index is 2720. The first-order chi connectivity index (χ1) is 22.8. The van der Waals surface area contributed by atoms with Crippen molar-refractivity contribution in [1.82, 2.24) is 0 Å². The molecule has 0 aliphatic rings. The van der Waals surface area contributed by atoms with Crippen molar-refractivity contribution in [1.29, 1.82) is 0 Å². The summed E-state index contributed by atoms with van der Waals surface area (Å²) in [5, 5.41) is 9.10. The summed E-state index contributed by atoms with van der Waals surface area (Å²) in [7, 11) is 0. The van der Waals surface area contributed by atoms with Crippen LogP contribution >= 0.6 is 0 Å². The largest absolute Gasteiger partial charge is 0.455 e. The SMILES string of the molecule is c1ccc(-c2ccc(-c3c4ccccc4c(-c4cc5c6ccccc6oc5c5c4oc4ccccc45)c4ccccc34)cc2)cc1. The van der Waals surface area contributed by atoms with Gasteiger partial charge in [-0.25, -0.2) is 0 Å². The van der Waals surface area contributed by atoms with Crippen LogP contribution in [0.1, 0.15) is 0 Å². The van der Waals surface area contributed by atoms with Crippen LogP contribution in [0.25, 0.3) is 98.8 Å². The number of benzene rings is 8. The fourth-order valence-electron chi connectivity index (χ4n) is 7.44.